The molecule has 0 unspecified atom stereocenters. The summed E-state index contributed by atoms with van der Waals surface area (Å²) in [7, 11) is 0. The minimum absolute atomic E-state index is 0.00652. The lowest BCUT2D eigenvalue weighted by Crippen LogP contribution is -2.57. The average Bonchev–Trinajstić information content (AvgIpc) is 3.50. The van der Waals surface area contributed by atoms with Gasteiger partial charge < -0.3 is 24.2 Å². The molecular weight excluding hydrogens is 418 g/mol. The zero-order valence-corrected chi connectivity index (χ0v) is 20.2. The van der Waals surface area contributed by atoms with E-state index in [2.05, 4.69) is 62.7 Å². The third-order valence-corrected chi connectivity index (χ3v) is 8.22. The van der Waals surface area contributed by atoms with E-state index < -0.39 is 0 Å². The van der Waals surface area contributed by atoms with Gasteiger partial charge in [0, 0.05) is 55.5 Å². The Kier molecular flexibility index (Phi) is 6.91. The number of likely N-dealkylation sites (tertiary alicyclic amines) is 1. The molecule has 1 spiro atoms. The van der Waals surface area contributed by atoms with Crippen LogP contribution in [-0.2, 0) is 4.74 Å². The first-order chi connectivity index (χ1) is 15.7. The highest BCUT2D eigenvalue weighted by atomic mass is 32.1. The molecule has 6 heteroatoms. The Balaban J connectivity index is 1.08. The minimum atomic E-state index is 0.00652. The second-order valence-corrected chi connectivity index (χ2v) is 10.4. The van der Waals surface area contributed by atoms with Gasteiger partial charge in [-0.15, -0.1) is 0 Å². The number of benzene rings is 1. The van der Waals surface area contributed by atoms with Gasteiger partial charge in [-0.25, -0.2) is 0 Å². The third kappa shape index (κ3) is 5.08. The molecule has 3 aliphatic rings. The van der Waals surface area contributed by atoms with Crippen LogP contribution in [-0.4, -0.2) is 69.0 Å². The molecule has 3 fully saturated rings. The maximum absolute atomic E-state index is 6.35. The van der Waals surface area contributed by atoms with Crippen LogP contribution in [0, 0.1) is 0 Å². The highest BCUT2D eigenvalue weighted by Gasteiger charge is 2.40. The summed E-state index contributed by atoms with van der Waals surface area (Å²) in [4.78, 5) is 7.59. The molecule has 0 radical (unpaired) electrons. The van der Waals surface area contributed by atoms with Crippen molar-refractivity contribution in [1.82, 2.24) is 4.90 Å². The molecular formula is C26H37N3O2S. The smallest absolute Gasteiger partial charge is 0.119 e. The molecule has 4 heterocycles. The maximum atomic E-state index is 6.35. The predicted molar refractivity (Wildman–Crippen MR) is 133 cm³/mol. The molecule has 1 aromatic carbocycles. The molecule has 3 saturated heterocycles. The SMILES string of the molecule is C[C@@H]1CCCN1CCCOc1ccc(N2CCC3(CC2)CN(c2ccsc2)CCO3)cc1. The Bertz CT molecular complexity index is 833. The molecule has 32 heavy (non-hydrogen) atoms. The monoisotopic (exact) mass is 455 g/mol. The van der Waals surface area contributed by atoms with E-state index in [1.165, 1.54) is 30.8 Å². The molecule has 5 rings (SSSR count). The number of piperidine rings is 1. The van der Waals surface area contributed by atoms with Crippen molar-refractivity contribution in [3.63, 3.8) is 0 Å². The van der Waals surface area contributed by atoms with Gasteiger partial charge in [0.2, 0.25) is 0 Å². The number of hydrogen-bond donors (Lipinski definition) is 0. The standard InChI is InChI=1S/C26H37N3O2S/c1-22-4-2-12-27(22)13-3-17-30-25-7-5-23(6-8-25)28-14-10-26(11-15-28)21-29(16-18-31-26)24-9-19-32-20-24/h5-9,19-20,22H,2-4,10-18,21H2,1H3/t22-/m1/s1. The fourth-order valence-electron chi connectivity index (χ4n) is 5.51. The summed E-state index contributed by atoms with van der Waals surface area (Å²) in [6, 6.07) is 11.7. The van der Waals surface area contributed by atoms with E-state index in [1.807, 2.05) is 0 Å². The molecule has 0 amide bonds. The number of nitrogens with zero attached hydrogens (tertiary/aromatic N) is 3. The first kappa shape index (κ1) is 22.1. The van der Waals surface area contributed by atoms with Crippen LogP contribution in [0.5, 0.6) is 5.75 Å². The molecule has 3 aliphatic heterocycles. The molecule has 0 aliphatic carbocycles. The van der Waals surface area contributed by atoms with Crippen LogP contribution >= 0.6 is 11.3 Å². The largest absolute Gasteiger partial charge is 0.494 e. The van der Waals surface area contributed by atoms with Gasteiger partial charge in [-0.3, -0.25) is 0 Å². The van der Waals surface area contributed by atoms with Crippen LogP contribution in [0.3, 0.4) is 0 Å². The lowest BCUT2D eigenvalue weighted by molar-refractivity contribution is -0.0704. The second kappa shape index (κ2) is 10.0. The predicted octanol–water partition coefficient (Wildman–Crippen LogP) is 4.88. The Morgan fingerprint density at radius 3 is 2.59 bits per heavy atom. The third-order valence-electron chi connectivity index (χ3n) is 7.55. The highest BCUT2D eigenvalue weighted by molar-refractivity contribution is 7.08. The summed E-state index contributed by atoms with van der Waals surface area (Å²) in [5.41, 5.74) is 2.65. The lowest BCUT2D eigenvalue weighted by atomic mass is 9.89. The van der Waals surface area contributed by atoms with Gasteiger partial charge in [0.15, 0.2) is 0 Å². The lowest BCUT2D eigenvalue weighted by Gasteiger charge is -2.48. The second-order valence-electron chi connectivity index (χ2n) is 9.64. The van der Waals surface area contributed by atoms with Gasteiger partial charge >= 0.3 is 0 Å². The number of rotatable bonds is 7. The van der Waals surface area contributed by atoms with Crippen molar-refractivity contribution in [1.29, 1.82) is 0 Å². The van der Waals surface area contributed by atoms with Gasteiger partial charge in [-0.05, 0) is 81.3 Å². The summed E-state index contributed by atoms with van der Waals surface area (Å²) in [6.45, 7) is 10.5. The average molecular weight is 456 g/mol. The summed E-state index contributed by atoms with van der Waals surface area (Å²) < 4.78 is 12.4. The topological polar surface area (TPSA) is 28.2 Å². The Hall–Kier alpha value is -1.76. The van der Waals surface area contributed by atoms with Crippen molar-refractivity contribution in [2.75, 3.05) is 62.3 Å². The quantitative estimate of drug-likeness (QED) is 0.555. The van der Waals surface area contributed by atoms with Crippen molar-refractivity contribution in [2.24, 2.45) is 0 Å². The van der Waals surface area contributed by atoms with Crippen molar-refractivity contribution in [2.45, 2.75) is 50.7 Å². The van der Waals surface area contributed by atoms with Gasteiger partial charge in [0.1, 0.15) is 5.75 Å². The summed E-state index contributed by atoms with van der Waals surface area (Å²) in [6.07, 6.45) is 5.96. The number of anilines is 2. The van der Waals surface area contributed by atoms with Gasteiger partial charge in [-0.1, -0.05) is 0 Å². The van der Waals surface area contributed by atoms with Gasteiger partial charge in [-0.2, -0.15) is 11.3 Å². The number of morpholine rings is 1. The van der Waals surface area contributed by atoms with E-state index in [0.717, 1.165) is 77.0 Å². The van der Waals surface area contributed by atoms with E-state index in [9.17, 15) is 0 Å². The van der Waals surface area contributed by atoms with E-state index in [-0.39, 0.29) is 5.60 Å². The number of thiophene rings is 1. The molecule has 174 valence electrons. The van der Waals surface area contributed by atoms with Crippen LogP contribution in [0.4, 0.5) is 11.4 Å². The zero-order valence-electron chi connectivity index (χ0n) is 19.4. The maximum Gasteiger partial charge on any atom is 0.119 e. The molecule has 0 N–H and O–H groups in total. The first-order valence-electron chi connectivity index (χ1n) is 12.3. The molecule has 0 bridgehead atoms. The van der Waals surface area contributed by atoms with Crippen molar-refractivity contribution >= 4 is 22.7 Å². The fraction of sp³-hybridized carbons (Fsp3) is 0.615. The first-order valence-corrected chi connectivity index (χ1v) is 13.3. The minimum Gasteiger partial charge on any atom is -0.494 e. The Morgan fingerprint density at radius 2 is 1.88 bits per heavy atom. The summed E-state index contributed by atoms with van der Waals surface area (Å²) >= 11 is 1.78. The summed E-state index contributed by atoms with van der Waals surface area (Å²) in [5.74, 6) is 0.985. The van der Waals surface area contributed by atoms with E-state index in [1.54, 1.807) is 11.3 Å². The van der Waals surface area contributed by atoms with Crippen LogP contribution < -0.4 is 14.5 Å². The highest BCUT2D eigenvalue weighted by Crippen LogP contribution is 2.34. The van der Waals surface area contributed by atoms with Crippen LogP contribution in [0.15, 0.2) is 41.1 Å². The van der Waals surface area contributed by atoms with Crippen LogP contribution in [0.1, 0.15) is 39.0 Å². The van der Waals surface area contributed by atoms with Gasteiger partial charge in [0.25, 0.3) is 0 Å². The Morgan fingerprint density at radius 1 is 1.03 bits per heavy atom. The van der Waals surface area contributed by atoms with Crippen molar-refractivity contribution in [3.05, 3.63) is 41.1 Å². The molecule has 0 saturated carbocycles. The van der Waals surface area contributed by atoms with Crippen molar-refractivity contribution < 1.29 is 9.47 Å². The number of ether oxygens (including phenoxy) is 2. The van der Waals surface area contributed by atoms with Gasteiger partial charge in [0.05, 0.1) is 18.8 Å². The summed E-state index contributed by atoms with van der Waals surface area (Å²) in [5, 5.41) is 4.42. The van der Waals surface area contributed by atoms with E-state index in [0.29, 0.717) is 0 Å². The Labute approximate surface area is 196 Å². The van der Waals surface area contributed by atoms with Crippen LogP contribution in [0.25, 0.3) is 0 Å². The fourth-order valence-corrected chi connectivity index (χ4v) is 6.18. The van der Waals surface area contributed by atoms with E-state index >= 15 is 0 Å². The van der Waals surface area contributed by atoms with Crippen molar-refractivity contribution in [3.8, 4) is 5.75 Å². The molecule has 1 atom stereocenters. The molecule has 5 nitrogen and oxygen atoms in total. The number of hydrogen-bond acceptors (Lipinski definition) is 6. The van der Waals surface area contributed by atoms with E-state index in [4.69, 9.17) is 9.47 Å². The molecule has 1 aromatic heterocycles. The zero-order chi connectivity index (χ0) is 21.8. The normalized spacial score (nSPS) is 23.7. The van der Waals surface area contributed by atoms with Crippen LogP contribution in [0.2, 0.25) is 0 Å². The molecule has 2 aromatic rings.